The maximum atomic E-state index is 13.0. The van der Waals surface area contributed by atoms with Crippen molar-refractivity contribution in [2.45, 2.75) is 48.5 Å². The molecule has 34 heavy (non-hydrogen) atoms. The standard InChI is InChI=1S/C27H29N3O3S/c1-8-33-27(32)23-18(5)20(7)34-26(23)29-25(31)22(14-28)13-21-12-17(4)30(19(21)6)24-15(2)10-9-11-16(24)3/h9-13H,8H2,1-7H3,(H,29,31)/b22-13+. The molecule has 0 spiro atoms. The van der Waals surface area contributed by atoms with E-state index in [2.05, 4.69) is 35.9 Å². The molecule has 0 fully saturated rings. The summed E-state index contributed by atoms with van der Waals surface area (Å²) in [7, 11) is 0. The third kappa shape index (κ3) is 4.68. The Hall–Kier alpha value is -3.63. The minimum absolute atomic E-state index is 0.0414. The molecule has 1 N–H and O–H groups in total. The van der Waals surface area contributed by atoms with E-state index >= 15 is 0 Å². The average molecular weight is 476 g/mol. The summed E-state index contributed by atoms with van der Waals surface area (Å²) in [5.41, 5.74) is 7.18. The molecule has 2 heterocycles. The van der Waals surface area contributed by atoms with Crippen molar-refractivity contribution < 1.29 is 14.3 Å². The fourth-order valence-corrected chi connectivity index (χ4v) is 5.12. The van der Waals surface area contributed by atoms with Crippen LogP contribution in [0.2, 0.25) is 0 Å². The number of esters is 1. The van der Waals surface area contributed by atoms with E-state index in [-0.39, 0.29) is 12.2 Å². The first-order chi connectivity index (χ1) is 16.1. The lowest BCUT2D eigenvalue weighted by Crippen LogP contribution is -2.16. The lowest BCUT2D eigenvalue weighted by atomic mass is 10.1. The molecular weight excluding hydrogens is 446 g/mol. The van der Waals surface area contributed by atoms with E-state index in [4.69, 9.17) is 4.74 Å². The number of aromatic nitrogens is 1. The molecule has 2 aromatic heterocycles. The molecule has 3 aromatic rings. The third-order valence-corrected chi connectivity index (χ3v) is 7.01. The Kier molecular flexibility index (Phi) is 7.43. The van der Waals surface area contributed by atoms with Crippen LogP contribution in [0.4, 0.5) is 5.00 Å². The Labute approximate surface area is 204 Å². The average Bonchev–Trinajstić information content (AvgIpc) is 3.21. The normalized spacial score (nSPS) is 11.3. The number of benzene rings is 1. The number of amides is 1. The quantitative estimate of drug-likeness (QED) is 0.265. The highest BCUT2D eigenvalue weighted by atomic mass is 32.1. The Bertz CT molecular complexity index is 1330. The molecule has 3 rings (SSSR count). The monoisotopic (exact) mass is 475 g/mol. The van der Waals surface area contributed by atoms with Gasteiger partial charge in [-0.25, -0.2) is 4.79 Å². The van der Waals surface area contributed by atoms with Gasteiger partial charge in [0.2, 0.25) is 0 Å². The van der Waals surface area contributed by atoms with Crippen molar-refractivity contribution >= 4 is 34.3 Å². The highest BCUT2D eigenvalue weighted by Crippen LogP contribution is 2.33. The van der Waals surface area contributed by atoms with Crippen LogP contribution in [-0.2, 0) is 9.53 Å². The molecule has 0 atom stereocenters. The molecule has 0 saturated heterocycles. The molecule has 0 unspecified atom stereocenters. The van der Waals surface area contributed by atoms with E-state index in [1.165, 1.54) is 11.3 Å². The van der Waals surface area contributed by atoms with Gasteiger partial charge in [-0.2, -0.15) is 5.26 Å². The topological polar surface area (TPSA) is 84.1 Å². The number of carbonyl (C=O) groups is 2. The predicted molar refractivity (Wildman–Crippen MR) is 137 cm³/mol. The van der Waals surface area contributed by atoms with E-state index in [0.717, 1.165) is 44.2 Å². The fraction of sp³-hybridized carbons (Fsp3) is 0.296. The molecule has 1 aromatic carbocycles. The molecule has 0 bridgehead atoms. The van der Waals surface area contributed by atoms with Crippen LogP contribution in [0.25, 0.3) is 11.8 Å². The summed E-state index contributed by atoms with van der Waals surface area (Å²) < 4.78 is 7.30. The highest BCUT2D eigenvalue weighted by molar-refractivity contribution is 7.16. The number of rotatable bonds is 6. The van der Waals surface area contributed by atoms with Crippen LogP contribution in [0.1, 0.15) is 55.8 Å². The summed E-state index contributed by atoms with van der Waals surface area (Å²) in [6, 6.07) is 10.1. The molecule has 0 saturated carbocycles. The van der Waals surface area contributed by atoms with Gasteiger partial charge in [0, 0.05) is 16.3 Å². The van der Waals surface area contributed by atoms with E-state index in [0.29, 0.717) is 10.6 Å². The summed E-state index contributed by atoms with van der Waals surface area (Å²) >= 11 is 1.29. The van der Waals surface area contributed by atoms with E-state index < -0.39 is 11.9 Å². The van der Waals surface area contributed by atoms with Crippen molar-refractivity contribution in [2.24, 2.45) is 0 Å². The molecule has 0 aliphatic heterocycles. The minimum Gasteiger partial charge on any atom is -0.462 e. The maximum Gasteiger partial charge on any atom is 0.341 e. The van der Waals surface area contributed by atoms with Crippen LogP contribution in [0.5, 0.6) is 0 Å². The van der Waals surface area contributed by atoms with Crippen LogP contribution in [0, 0.1) is 52.9 Å². The number of thiophene rings is 1. The van der Waals surface area contributed by atoms with Crippen LogP contribution < -0.4 is 5.32 Å². The summed E-state index contributed by atoms with van der Waals surface area (Å²) in [6.45, 7) is 13.8. The van der Waals surface area contributed by atoms with Crippen molar-refractivity contribution in [1.82, 2.24) is 4.57 Å². The lowest BCUT2D eigenvalue weighted by molar-refractivity contribution is -0.112. The van der Waals surface area contributed by atoms with Crippen LogP contribution in [0.3, 0.4) is 0 Å². The smallest absolute Gasteiger partial charge is 0.341 e. The summed E-state index contributed by atoms with van der Waals surface area (Å²) in [4.78, 5) is 26.4. The molecular formula is C27H29N3O3S. The first-order valence-electron chi connectivity index (χ1n) is 11.1. The van der Waals surface area contributed by atoms with E-state index in [1.54, 1.807) is 13.0 Å². The number of ether oxygens (including phenoxy) is 1. The van der Waals surface area contributed by atoms with Gasteiger partial charge in [-0.05, 0) is 82.9 Å². The maximum absolute atomic E-state index is 13.0. The number of anilines is 1. The number of nitrogens with zero attached hydrogens (tertiary/aromatic N) is 2. The predicted octanol–water partition coefficient (Wildman–Crippen LogP) is 6.11. The first kappa shape index (κ1) is 25.0. The Balaban J connectivity index is 1.99. The lowest BCUT2D eigenvalue weighted by Gasteiger charge is -2.15. The number of para-hydroxylation sites is 1. The molecule has 1 amide bonds. The van der Waals surface area contributed by atoms with Gasteiger partial charge in [-0.1, -0.05) is 18.2 Å². The number of carbonyl (C=O) groups excluding carboxylic acids is 2. The van der Waals surface area contributed by atoms with E-state index in [9.17, 15) is 14.9 Å². The second-order valence-electron chi connectivity index (χ2n) is 8.23. The summed E-state index contributed by atoms with van der Waals surface area (Å²) in [5, 5.41) is 12.9. The fourth-order valence-electron chi connectivity index (χ4n) is 4.07. The van der Waals surface area contributed by atoms with Crippen molar-refractivity contribution in [3.05, 3.63) is 73.9 Å². The van der Waals surface area contributed by atoms with Gasteiger partial charge in [-0.15, -0.1) is 11.3 Å². The van der Waals surface area contributed by atoms with Crippen molar-refractivity contribution in [3.63, 3.8) is 0 Å². The van der Waals surface area contributed by atoms with E-state index in [1.807, 2.05) is 45.9 Å². The molecule has 6 nitrogen and oxygen atoms in total. The van der Waals surface area contributed by atoms with Gasteiger partial charge >= 0.3 is 5.97 Å². The number of nitriles is 1. The second-order valence-corrected chi connectivity index (χ2v) is 9.46. The van der Waals surface area contributed by atoms with Gasteiger partial charge in [0.1, 0.15) is 16.6 Å². The van der Waals surface area contributed by atoms with Crippen molar-refractivity contribution in [2.75, 3.05) is 11.9 Å². The first-order valence-corrected chi connectivity index (χ1v) is 11.9. The zero-order chi connectivity index (χ0) is 25.2. The number of hydrogen-bond donors (Lipinski definition) is 1. The number of aryl methyl sites for hydroxylation is 4. The van der Waals surface area contributed by atoms with Gasteiger partial charge in [0.05, 0.1) is 17.9 Å². The van der Waals surface area contributed by atoms with Crippen LogP contribution >= 0.6 is 11.3 Å². The van der Waals surface area contributed by atoms with Gasteiger partial charge in [0.15, 0.2) is 0 Å². The number of hydrogen-bond acceptors (Lipinski definition) is 5. The van der Waals surface area contributed by atoms with Crippen LogP contribution in [-0.4, -0.2) is 23.1 Å². The minimum atomic E-state index is -0.564. The molecule has 0 radical (unpaired) electrons. The zero-order valence-electron chi connectivity index (χ0n) is 20.6. The zero-order valence-corrected chi connectivity index (χ0v) is 21.4. The van der Waals surface area contributed by atoms with Crippen LogP contribution in [0.15, 0.2) is 29.8 Å². The second kappa shape index (κ2) is 10.1. The summed E-state index contributed by atoms with van der Waals surface area (Å²) in [5.74, 6) is -1.05. The van der Waals surface area contributed by atoms with Crippen molar-refractivity contribution in [3.8, 4) is 11.8 Å². The number of nitrogens with one attached hydrogen (secondary N) is 1. The van der Waals surface area contributed by atoms with Gasteiger partial charge in [0.25, 0.3) is 5.91 Å². The Morgan fingerprint density at radius 3 is 2.38 bits per heavy atom. The Morgan fingerprint density at radius 2 is 1.79 bits per heavy atom. The van der Waals surface area contributed by atoms with Gasteiger partial charge < -0.3 is 14.6 Å². The largest absolute Gasteiger partial charge is 0.462 e. The van der Waals surface area contributed by atoms with Gasteiger partial charge in [-0.3, -0.25) is 4.79 Å². The SMILES string of the molecule is CCOC(=O)c1c(NC(=O)/C(C#N)=C/c2cc(C)n(-c3c(C)cccc3C)c2C)sc(C)c1C. The molecule has 0 aliphatic carbocycles. The Morgan fingerprint density at radius 1 is 1.15 bits per heavy atom. The molecule has 176 valence electrons. The third-order valence-electron chi connectivity index (χ3n) is 5.89. The van der Waals surface area contributed by atoms with Crippen molar-refractivity contribution in [1.29, 1.82) is 5.26 Å². The molecule has 7 heteroatoms. The highest BCUT2D eigenvalue weighted by Gasteiger charge is 2.23. The molecule has 0 aliphatic rings. The summed E-state index contributed by atoms with van der Waals surface area (Å²) in [6.07, 6.45) is 1.60.